The molecule has 0 aliphatic heterocycles. The third kappa shape index (κ3) is 3.20. The van der Waals surface area contributed by atoms with E-state index in [0.29, 0.717) is 17.9 Å². The highest BCUT2D eigenvalue weighted by molar-refractivity contribution is 6.59. The number of rotatable bonds is 5. The van der Waals surface area contributed by atoms with Gasteiger partial charge in [0.05, 0.1) is 6.61 Å². The van der Waals surface area contributed by atoms with E-state index >= 15 is 0 Å². The van der Waals surface area contributed by atoms with Crippen LogP contribution in [0.15, 0.2) is 6.07 Å². The third-order valence-corrected chi connectivity index (χ3v) is 2.86. The highest BCUT2D eigenvalue weighted by atomic mass is 19.1. The van der Waals surface area contributed by atoms with E-state index in [4.69, 9.17) is 14.8 Å². The van der Waals surface area contributed by atoms with Crippen molar-refractivity contribution in [3.63, 3.8) is 0 Å². The minimum absolute atomic E-state index is 0.0784. The van der Waals surface area contributed by atoms with Gasteiger partial charge in [-0.3, -0.25) is 0 Å². The van der Waals surface area contributed by atoms with Crippen LogP contribution in [0.2, 0.25) is 0 Å². The van der Waals surface area contributed by atoms with Gasteiger partial charge in [-0.2, -0.15) is 0 Å². The molecular formula is C12H18BFO3. The Morgan fingerprint density at radius 2 is 1.94 bits per heavy atom. The molecule has 94 valence electrons. The SMILES string of the molecule is CCCCOc1cc(F)c(B(O)O)c(C)c1C. The molecule has 0 unspecified atom stereocenters. The first-order chi connectivity index (χ1) is 7.99. The van der Waals surface area contributed by atoms with E-state index in [1.54, 1.807) is 13.8 Å². The Morgan fingerprint density at radius 1 is 1.29 bits per heavy atom. The topological polar surface area (TPSA) is 49.7 Å². The smallest absolute Gasteiger partial charge is 0.491 e. The molecule has 0 heterocycles. The van der Waals surface area contributed by atoms with Crippen LogP contribution in [-0.2, 0) is 0 Å². The zero-order chi connectivity index (χ0) is 13.0. The summed E-state index contributed by atoms with van der Waals surface area (Å²) < 4.78 is 19.1. The Hall–Kier alpha value is -1.07. The molecule has 0 saturated carbocycles. The number of ether oxygens (including phenoxy) is 1. The van der Waals surface area contributed by atoms with E-state index in [-0.39, 0.29) is 5.46 Å². The maximum atomic E-state index is 13.7. The molecule has 0 bridgehead atoms. The first-order valence-corrected chi connectivity index (χ1v) is 5.77. The zero-order valence-corrected chi connectivity index (χ0v) is 10.5. The average Bonchev–Trinajstić information content (AvgIpc) is 2.25. The van der Waals surface area contributed by atoms with Crippen LogP contribution in [0.1, 0.15) is 30.9 Å². The van der Waals surface area contributed by atoms with Crippen molar-refractivity contribution >= 4 is 12.6 Å². The summed E-state index contributed by atoms with van der Waals surface area (Å²) >= 11 is 0. The van der Waals surface area contributed by atoms with Crippen molar-refractivity contribution in [1.29, 1.82) is 0 Å². The number of hydrogen-bond acceptors (Lipinski definition) is 3. The van der Waals surface area contributed by atoms with Gasteiger partial charge in [-0.1, -0.05) is 13.3 Å². The minimum atomic E-state index is -1.79. The molecule has 0 aromatic heterocycles. The fourth-order valence-corrected chi connectivity index (χ4v) is 1.66. The molecule has 0 radical (unpaired) electrons. The van der Waals surface area contributed by atoms with Gasteiger partial charge in [0.15, 0.2) is 0 Å². The predicted octanol–water partition coefficient (Wildman–Crippen LogP) is 1.30. The summed E-state index contributed by atoms with van der Waals surface area (Å²) in [5.41, 5.74) is 1.18. The van der Waals surface area contributed by atoms with E-state index in [0.717, 1.165) is 18.4 Å². The fourth-order valence-electron chi connectivity index (χ4n) is 1.66. The Bertz CT molecular complexity index is 394. The highest BCUT2D eigenvalue weighted by Gasteiger charge is 2.22. The zero-order valence-electron chi connectivity index (χ0n) is 10.5. The molecule has 2 N–H and O–H groups in total. The standard InChI is InChI=1S/C12H18BFO3/c1-4-5-6-17-11-7-10(14)12(13(15)16)9(3)8(11)2/h7,15-16H,4-6H2,1-3H3. The second kappa shape index (κ2) is 6.03. The van der Waals surface area contributed by atoms with Crippen LogP contribution in [0.3, 0.4) is 0 Å². The highest BCUT2D eigenvalue weighted by Crippen LogP contribution is 2.22. The number of unbranched alkanes of at least 4 members (excludes halogenated alkanes) is 1. The number of hydrogen-bond donors (Lipinski definition) is 2. The lowest BCUT2D eigenvalue weighted by atomic mass is 9.75. The third-order valence-electron chi connectivity index (χ3n) is 2.86. The van der Waals surface area contributed by atoms with Crippen LogP contribution in [-0.4, -0.2) is 23.8 Å². The second-order valence-corrected chi connectivity index (χ2v) is 4.10. The van der Waals surface area contributed by atoms with Gasteiger partial charge in [-0.05, 0) is 31.4 Å². The van der Waals surface area contributed by atoms with Gasteiger partial charge in [0, 0.05) is 11.5 Å². The number of benzene rings is 1. The maximum absolute atomic E-state index is 13.7. The summed E-state index contributed by atoms with van der Waals surface area (Å²) in [7, 11) is -1.79. The molecule has 0 amide bonds. The van der Waals surface area contributed by atoms with E-state index in [2.05, 4.69) is 0 Å². The van der Waals surface area contributed by atoms with Crippen LogP contribution < -0.4 is 10.2 Å². The Morgan fingerprint density at radius 3 is 2.47 bits per heavy atom. The van der Waals surface area contributed by atoms with Crippen molar-refractivity contribution < 1.29 is 19.2 Å². The summed E-state index contributed by atoms with van der Waals surface area (Å²) in [6, 6.07) is 1.22. The molecule has 0 aliphatic carbocycles. The van der Waals surface area contributed by atoms with Crippen molar-refractivity contribution in [2.45, 2.75) is 33.6 Å². The molecule has 0 saturated heterocycles. The van der Waals surface area contributed by atoms with Crippen LogP contribution in [0.25, 0.3) is 0 Å². The molecule has 1 aromatic rings. The van der Waals surface area contributed by atoms with Crippen molar-refractivity contribution in [3.05, 3.63) is 23.0 Å². The lowest BCUT2D eigenvalue weighted by Crippen LogP contribution is -2.35. The number of halogens is 1. The van der Waals surface area contributed by atoms with Gasteiger partial charge in [-0.25, -0.2) is 4.39 Å². The van der Waals surface area contributed by atoms with Crippen molar-refractivity contribution in [1.82, 2.24) is 0 Å². The summed E-state index contributed by atoms with van der Waals surface area (Å²) in [6.45, 7) is 6.02. The lowest BCUT2D eigenvalue weighted by molar-refractivity contribution is 0.305. The van der Waals surface area contributed by atoms with E-state index in [1.165, 1.54) is 6.07 Å². The molecule has 0 atom stereocenters. The summed E-state index contributed by atoms with van der Waals surface area (Å²) in [4.78, 5) is 0. The van der Waals surface area contributed by atoms with Crippen LogP contribution in [0.4, 0.5) is 4.39 Å². The Kier molecular flexibility index (Phi) is 4.96. The molecule has 5 heteroatoms. The Labute approximate surface area is 101 Å². The fraction of sp³-hybridized carbons (Fsp3) is 0.500. The second-order valence-electron chi connectivity index (χ2n) is 4.10. The predicted molar refractivity (Wildman–Crippen MR) is 66.1 cm³/mol. The van der Waals surface area contributed by atoms with Crippen molar-refractivity contribution in [2.75, 3.05) is 6.61 Å². The van der Waals surface area contributed by atoms with Gasteiger partial charge in [0.1, 0.15) is 11.6 Å². The molecule has 17 heavy (non-hydrogen) atoms. The lowest BCUT2D eigenvalue weighted by Gasteiger charge is -2.15. The summed E-state index contributed by atoms with van der Waals surface area (Å²) in [5.74, 6) is -0.174. The van der Waals surface area contributed by atoms with Crippen LogP contribution >= 0.6 is 0 Å². The Balaban J connectivity index is 3.02. The van der Waals surface area contributed by atoms with Crippen LogP contribution in [0.5, 0.6) is 5.75 Å². The van der Waals surface area contributed by atoms with E-state index < -0.39 is 12.9 Å². The molecule has 0 spiro atoms. The van der Waals surface area contributed by atoms with E-state index in [9.17, 15) is 4.39 Å². The first-order valence-electron chi connectivity index (χ1n) is 5.77. The largest absolute Gasteiger partial charge is 0.493 e. The van der Waals surface area contributed by atoms with Gasteiger partial charge >= 0.3 is 7.12 Å². The van der Waals surface area contributed by atoms with Crippen LogP contribution in [0, 0.1) is 19.7 Å². The molecule has 0 fully saturated rings. The molecule has 0 aliphatic rings. The average molecular weight is 240 g/mol. The maximum Gasteiger partial charge on any atom is 0.491 e. The monoisotopic (exact) mass is 240 g/mol. The van der Waals surface area contributed by atoms with E-state index in [1.807, 2.05) is 6.92 Å². The normalized spacial score (nSPS) is 10.5. The summed E-state index contributed by atoms with van der Waals surface area (Å²) in [6.07, 6.45) is 1.92. The quantitative estimate of drug-likeness (QED) is 0.602. The van der Waals surface area contributed by atoms with Gasteiger partial charge < -0.3 is 14.8 Å². The van der Waals surface area contributed by atoms with Crippen molar-refractivity contribution in [2.24, 2.45) is 0 Å². The van der Waals surface area contributed by atoms with Gasteiger partial charge in [0.25, 0.3) is 0 Å². The molecule has 1 rings (SSSR count). The molecule has 1 aromatic carbocycles. The van der Waals surface area contributed by atoms with Crippen molar-refractivity contribution in [3.8, 4) is 5.75 Å². The first kappa shape index (κ1) is 14.0. The van der Waals surface area contributed by atoms with Gasteiger partial charge in [-0.15, -0.1) is 0 Å². The summed E-state index contributed by atoms with van der Waals surface area (Å²) in [5, 5.41) is 18.2. The molecular weight excluding hydrogens is 222 g/mol. The minimum Gasteiger partial charge on any atom is -0.493 e. The van der Waals surface area contributed by atoms with Gasteiger partial charge in [0.2, 0.25) is 0 Å². The molecule has 3 nitrogen and oxygen atoms in total.